The Bertz CT molecular complexity index is 1040. The maximum absolute atomic E-state index is 14.3. The number of hydroxylamine groups is 1. The topological polar surface area (TPSA) is 96.6 Å². The van der Waals surface area contributed by atoms with Gasteiger partial charge in [-0.1, -0.05) is 0 Å². The molecule has 28 heavy (non-hydrogen) atoms. The lowest BCUT2D eigenvalue weighted by Gasteiger charge is -2.21. The Morgan fingerprint density at radius 1 is 1.32 bits per heavy atom. The van der Waals surface area contributed by atoms with Crippen LogP contribution in [-0.4, -0.2) is 28.2 Å². The molecule has 2 aromatic heterocycles. The highest BCUT2D eigenvalue weighted by atomic mass is 127. The number of carbonyl (C=O) groups is 1. The van der Waals surface area contributed by atoms with Crippen LogP contribution in [0.3, 0.4) is 0 Å². The summed E-state index contributed by atoms with van der Waals surface area (Å²) in [6.07, 6.45) is 2.23. The number of amides is 1. The maximum atomic E-state index is 14.3. The predicted molar refractivity (Wildman–Crippen MR) is 106 cm³/mol. The number of carbonyl (C=O) groups excluding carboxylic acids is 1. The van der Waals surface area contributed by atoms with Crippen LogP contribution in [0.15, 0.2) is 35.0 Å². The van der Waals surface area contributed by atoms with Crippen molar-refractivity contribution in [3.05, 3.63) is 51.6 Å². The van der Waals surface area contributed by atoms with E-state index in [1.54, 1.807) is 19.9 Å². The van der Waals surface area contributed by atoms with Crippen molar-refractivity contribution in [1.82, 2.24) is 10.5 Å². The van der Waals surface area contributed by atoms with Gasteiger partial charge in [-0.15, -0.1) is 0 Å². The van der Waals surface area contributed by atoms with E-state index in [1.165, 1.54) is 18.3 Å². The molecule has 1 aromatic carbocycles. The van der Waals surface area contributed by atoms with Crippen LogP contribution in [0.1, 0.15) is 24.4 Å². The quantitative estimate of drug-likeness (QED) is 0.349. The van der Waals surface area contributed by atoms with Crippen LogP contribution in [0.25, 0.3) is 11.0 Å². The molecule has 0 radical (unpaired) electrons. The van der Waals surface area contributed by atoms with Crippen LogP contribution in [0.4, 0.5) is 20.2 Å². The fourth-order valence-corrected chi connectivity index (χ4v) is 2.71. The van der Waals surface area contributed by atoms with Crippen LogP contribution in [-0.2, 0) is 4.84 Å². The molecule has 0 unspecified atom stereocenters. The lowest BCUT2D eigenvalue weighted by molar-refractivity contribution is -0.0961. The monoisotopic (exact) mass is 503 g/mol. The van der Waals surface area contributed by atoms with Gasteiger partial charge in [0.25, 0.3) is 0 Å². The molecular weight excluding hydrogens is 487 g/mol. The van der Waals surface area contributed by atoms with Crippen molar-refractivity contribution >= 4 is 50.8 Å². The van der Waals surface area contributed by atoms with Gasteiger partial charge in [-0.05, 0) is 54.6 Å². The summed E-state index contributed by atoms with van der Waals surface area (Å²) in [4.78, 5) is 21.4. The van der Waals surface area contributed by atoms with Gasteiger partial charge in [0.2, 0.25) is 5.76 Å². The minimum Gasteiger partial charge on any atom is -0.445 e. The molecule has 0 fully saturated rings. The number of anilines is 2. The molecule has 3 rings (SSSR count). The van der Waals surface area contributed by atoms with E-state index in [9.17, 15) is 18.7 Å². The van der Waals surface area contributed by atoms with E-state index in [1.807, 2.05) is 22.6 Å². The van der Waals surface area contributed by atoms with Crippen molar-refractivity contribution in [1.29, 1.82) is 0 Å². The molecule has 0 aliphatic rings. The summed E-state index contributed by atoms with van der Waals surface area (Å²) < 4.78 is 34.4. The van der Waals surface area contributed by atoms with Gasteiger partial charge < -0.3 is 14.8 Å². The first-order valence-corrected chi connectivity index (χ1v) is 9.17. The Kier molecular flexibility index (Phi) is 5.82. The molecule has 10 heteroatoms. The lowest BCUT2D eigenvalue weighted by atomic mass is 10.2. The number of fused-ring (bicyclic) bond motifs is 1. The summed E-state index contributed by atoms with van der Waals surface area (Å²) in [7, 11) is 0. The SMILES string of the molecule is CC(C)(CO)ONC(=O)c1oc2c(F)cncc2c1Nc1ccc(I)cc1F. The Hall–Kier alpha value is -2.31. The second-order valence-corrected chi connectivity index (χ2v) is 7.75. The molecule has 0 saturated carbocycles. The third-order valence-corrected chi connectivity index (χ3v) is 4.42. The molecule has 0 spiro atoms. The van der Waals surface area contributed by atoms with Crippen LogP contribution >= 0.6 is 22.6 Å². The maximum Gasteiger partial charge on any atom is 0.312 e. The molecule has 0 saturated heterocycles. The molecule has 0 atom stereocenters. The summed E-state index contributed by atoms with van der Waals surface area (Å²) >= 11 is 1.96. The van der Waals surface area contributed by atoms with Crippen LogP contribution in [0.5, 0.6) is 0 Å². The average Bonchev–Trinajstić information content (AvgIpc) is 3.02. The van der Waals surface area contributed by atoms with Gasteiger partial charge in [0.05, 0.1) is 23.9 Å². The smallest absolute Gasteiger partial charge is 0.312 e. The number of hydrogen-bond acceptors (Lipinski definition) is 6. The number of nitrogens with one attached hydrogen (secondary N) is 2. The first kappa shape index (κ1) is 20.4. The van der Waals surface area contributed by atoms with E-state index in [4.69, 9.17) is 9.25 Å². The van der Waals surface area contributed by atoms with Crippen molar-refractivity contribution in [2.45, 2.75) is 19.4 Å². The highest BCUT2D eigenvalue weighted by Gasteiger charge is 2.26. The van der Waals surface area contributed by atoms with Gasteiger partial charge in [0.1, 0.15) is 17.1 Å². The van der Waals surface area contributed by atoms with Crippen molar-refractivity contribution in [3.63, 3.8) is 0 Å². The largest absolute Gasteiger partial charge is 0.445 e. The fraction of sp³-hybridized carbons (Fsp3) is 0.222. The standard InChI is InChI=1S/C18H16F2IN3O4/c1-18(2,8-25)28-24-17(26)16-14(10-6-22-7-12(20)15(10)27-16)23-13-4-3-9(21)5-11(13)19/h3-7,23,25H,8H2,1-2H3,(H,24,26). The Morgan fingerprint density at radius 2 is 2.07 bits per heavy atom. The van der Waals surface area contributed by atoms with Crippen LogP contribution < -0.4 is 10.8 Å². The van der Waals surface area contributed by atoms with E-state index in [0.717, 1.165) is 6.20 Å². The minimum absolute atomic E-state index is 0.0324. The van der Waals surface area contributed by atoms with E-state index >= 15 is 0 Å². The minimum atomic E-state index is -1.05. The number of rotatable bonds is 6. The number of aromatic nitrogens is 1. The zero-order valence-corrected chi connectivity index (χ0v) is 17.0. The number of furan rings is 1. The number of aliphatic hydroxyl groups is 1. The Morgan fingerprint density at radius 3 is 2.75 bits per heavy atom. The highest BCUT2D eigenvalue weighted by molar-refractivity contribution is 14.1. The molecule has 7 nitrogen and oxygen atoms in total. The summed E-state index contributed by atoms with van der Waals surface area (Å²) in [5, 5.41) is 12.1. The number of aliphatic hydroxyl groups excluding tert-OH is 1. The molecule has 3 N–H and O–H groups in total. The molecule has 148 valence electrons. The normalized spacial score (nSPS) is 11.6. The van der Waals surface area contributed by atoms with Crippen molar-refractivity contribution in [2.24, 2.45) is 0 Å². The third-order valence-electron chi connectivity index (χ3n) is 3.75. The number of benzene rings is 1. The van der Waals surface area contributed by atoms with E-state index in [2.05, 4.69) is 15.8 Å². The molecule has 0 aliphatic carbocycles. The third kappa shape index (κ3) is 4.23. The summed E-state index contributed by atoms with van der Waals surface area (Å²) in [6, 6.07) is 4.45. The number of hydrogen-bond donors (Lipinski definition) is 3. The first-order valence-electron chi connectivity index (χ1n) is 8.09. The average molecular weight is 503 g/mol. The summed E-state index contributed by atoms with van der Waals surface area (Å²) in [5.74, 6) is -2.51. The van der Waals surface area contributed by atoms with Gasteiger partial charge in [0.15, 0.2) is 11.4 Å². The van der Waals surface area contributed by atoms with E-state index in [0.29, 0.717) is 3.57 Å². The lowest BCUT2D eigenvalue weighted by Crippen LogP contribution is -2.38. The van der Waals surface area contributed by atoms with Crippen LogP contribution in [0.2, 0.25) is 0 Å². The molecule has 0 bridgehead atoms. The van der Waals surface area contributed by atoms with Crippen molar-refractivity contribution < 1.29 is 27.9 Å². The Labute approximate surface area is 172 Å². The fourth-order valence-electron chi connectivity index (χ4n) is 2.25. The summed E-state index contributed by atoms with van der Waals surface area (Å²) in [6.45, 7) is 2.75. The van der Waals surface area contributed by atoms with Crippen molar-refractivity contribution in [3.8, 4) is 0 Å². The number of nitrogens with zero attached hydrogens (tertiary/aromatic N) is 1. The first-order chi connectivity index (χ1) is 13.2. The van der Waals surface area contributed by atoms with Gasteiger partial charge >= 0.3 is 5.91 Å². The second-order valence-electron chi connectivity index (χ2n) is 6.50. The second kappa shape index (κ2) is 7.97. The van der Waals surface area contributed by atoms with Gasteiger partial charge in [0, 0.05) is 9.77 Å². The summed E-state index contributed by atoms with van der Waals surface area (Å²) in [5.41, 5.74) is 0.986. The molecule has 2 heterocycles. The zero-order valence-electron chi connectivity index (χ0n) is 14.8. The van der Waals surface area contributed by atoms with Gasteiger partial charge in [-0.25, -0.2) is 14.3 Å². The predicted octanol–water partition coefficient (Wildman–Crippen LogP) is 3.89. The molecular formula is C18H16F2IN3O4. The number of pyridine rings is 1. The molecule has 3 aromatic rings. The van der Waals surface area contributed by atoms with E-state index in [-0.39, 0.29) is 34.7 Å². The Balaban J connectivity index is 2.03. The zero-order chi connectivity index (χ0) is 20.5. The van der Waals surface area contributed by atoms with Gasteiger partial charge in [-0.3, -0.25) is 14.6 Å². The molecule has 1 amide bonds. The van der Waals surface area contributed by atoms with Crippen LogP contribution in [0, 0.1) is 15.2 Å². The number of halogens is 3. The van der Waals surface area contributed by atoms with Gasteiger partial charge in [-0.2, -0.15) is 0 Å². The molecule has 0 aliphatic heterocycles. The van der Waals surface area contributed by atoms with E-state index < -0.39 is 23.1 Å². The van der Waals surface area contributed by atoms with Crippen molar-refractivity contribution in [2.75, 3.05) is 11.9 Å². The highest BCUT2D eigenvalue weighted by Crippen LogP contribution is 2.35.